The Bertz CT molecular complexity index is 842. The summed E-state index contributed by atoms with van der Waals surface area (Å²) in [6.45, 7) is 4.82. The predicted molar refractivity (Wildman–Crippen MR) is 106 cm³/mol. The number of nitro groups is 1. The van der Waals surface area contributed by atoms with Crippen LogP contribution in [0.2, 0.25) is 0 Å². The lowest BCUT2D eigenvalue weighted by molar-refractivity contribution is -0.384. The van der Waals surface area contributed by atoms with E-state index in [9.17, 15) is 14.9 Å². The highest BCUT2D eigenvalue weighted by atomic mass is 16.6. The first kappa shape index (κ1) is 18.9. The molecule has 0 saturated heterocycles. The number of nitro benzene ring substituents is 1. The molecule has 1 fully saturated rings. The summed E-state index contributed by atoms with van der Waals surface area (Å²) in [6, 6.07) is 13.1. The van der Waals surface area contributed by atoms with E-state index in [0.29, 0.717) is 23.7 Å². The smallest absolute Gasteiger partial charge is 0.293 e. The van der Waals surface area contributed by atoms with Gasteiger partial charge in [-0.05, 0) is 42.0 Å². The first-order valence-electron chi connectivity index (χ1n) is 9.26. The Kier molecular flexibility index (Phi) is 5.44. The summed E-state index contributed by atoms with van der Waals surface area (Å²) in [5, 5.41) is 14.1. The molecule has 0 radical (unpaired) electrons. The van der Waals surface area contributed by atoms with Gasteiger partial charge in [0.2, 0.25) is 0 Å². The molecule has 2 aromatic carbocycles. The zero-order chi connectivity index (χ0) is 19.6. The van der Waals surface area contributed by atoms with E-state index < -0.39 is 4.92 Å². The fraction of sp³-hybridized carbons (Fsp3) is 0.381. The van der Waals surface area contributed by atoms with Gasteiger partial charge in [0.1, 0.15) is 5.69 Å². The van der Waals surface area contributed by atoms with Gasteiger partial charge in [-0.2, -0.15) is 0 Å². The van der Waals surface area contributed by atoms with Crippen molar-refractivity contribution in [1.82, 2.24) is 4.90 Å². The number of benzene rings is 2. The molecule has 6 heteroatoms. The molecule has 1 aliphatic carbocycles. The van der Waals surface area contributed by atoms with Crippen molar-refractivity contribution in [3.05, 3.63) is 69.3 Å². The number of hydrogen-bond donors (Lipinski definition) is 1. The highest BCUT2D eigenvalue weighted by Crippen LogP contribution is 2.32. The number of anilines is 1. The van der Waals surface area contributed by atoms with Crippen LogP contribution in [0.25, 0.3) is 0 Å². The van der Waals surface area contributed by atoms with Crippen molar-refractivity contribution >= 4 is 17.3 Å². The van der Waals surface area contributed by atoms with Crippen LogP contribution in [-0.4, -0.2) is 28.8 Å². The Morgan fingerprint density at radius 2 is 1.89 bits per heavy atom. The van der Waals surface area contributed by atoms with Crippen LogP contribution in [-0.2, 0) is 6.54 Å². The summed E-state index contributed by atoms with van der Waals surface area (Å²) < 4.78 is 0. The maximum absolute atomic E-state index is 13.1. The topological polar surface area (TPSA) is 75.5 Å². The molecule has 0 bridgehead atoms. The molecular weight excluding hydrogens is 342 g/mol. The van der Waals surface area contributed by atoms with Crippen molar-refractivity contribution in [3.63, 3.8) is 0 Å². The Morgan fingerprint density at radius 3 is 2.41 bits per heavy atom. The SMILES string of the molecule is CNc1ccc(C(=O)N(Cc2ccc(C(C)C)cc2)C2CC2)cc1[N+](=O)[O-]. The number of carbonyl (C=O) groups is 1. The fourth-order valence-electron chi connectivity index (χ4n) is 3.15. The van der Waals surface area contributed by atoms with Crippen molar-refractivity contribution in [2.45, 2.75) is 45.2 Å². The molecule has 3 rings (SSSR count). The van der Waals surface area contributed by atoms with Crippen molar-refractivity contribution in [2.24, 2.45) is 0 Å². The number of carbonyl (C=O) groups excluding carboxylic acids is 1. The van der Waals surface area contributed by atoms with Gasteiger partial charge in [0, 0.05) is 31.3 Å². The van der Waals surface area contributed by atoms with Gasteiger partial charge in [-0.1, -0.05) is 38.1 Å². The lowest BCUT2D eigenvalue weighted by atomic mass is 10.0. The zero-order valence-corrected chi connectivity index (χ0v) is 15.9. The molecule has 1 aliphatic rings. The molecule has 142 valence electrons. The van der Waals surface area contributed by atoms with E-state index in [1.807, 2.05) is 4.90 Å². The summed E-state index contributed by atoms with van der Waals surface area (Å²) in [4.78, 5) is 25.7. The minimum Gasteiger partial charge on any atom is -0.383 e. The second-order valence-electron chi connectivity index (χ2n) is 7.30. The molecule has 6 nitrogen and oxygen atoms in total. The average molecular weight is 367 g/mol. The number of nitrogens with zero attached hydrogens (tertiary/aromatic N) is 2. The largest absolute Gasteiger partial charge is 0.383 e. The zero-order valence-electron chi connectivity index (χ0n) is 15.9. The van der Waals surface area contributed by atoms with E-state index >= 15 is 0 Å². The number of rotatable bonds is 7. The van der Waals surface area contributed by atoms with Crippen LogP contribution in [0.5, 0.6) is 0 Å². The molecule has 2 aromatic rings. The molecule has 0 spiro atoms. The van der Waals surface area contributed by atoms with E-state index in [1.165, 1.54) is 11.6 Å². The van der Waals surface area contributed by atoms with Gasteiger partial charge in [-0.15, -0.1) is 0 Å². The third-order valence-electron chi connectivity index (χ3n) is 4.96. The fourth-order valence-corrected chi connectivity index (χ4v) is 3.15. The highest BCUT2D eigenvalue weighted by Gasteiger charge is 2.33. The Labute approximate surface area is 159 Å². The van der Waals surface area contributed by atoms with Crippen LogP contribution in [0.15, 0.2) is 42.5 Å². The van der Waals surface area contributed by atoms with E-state index in [0.717, 1.165) is 18.4 Å². The molecule has 0 unspecified atom stereocenters. The van der Waals surface area contributed by atoms with Crippen molar-refractivity contribution in [2.75, 3.05) is 12.4 Å². The molecule has 1 amide bonds. The summed E-state index contributed by atoms with van der Waals surface area (Å²) in [5.41, 5.74) is 3.01. The number of hydrogen-bond acceptors (Lipinski definition) is 4. The Morgan fingerprint density at radius 1 is 1.22 bits per heavy atom. The molecule has 0 aromatic heterocycles. The predicted octanol–water partition coefficient (Wildman–Crippen LogP) is 4.56. The van der Waals surface area contributed by atoms with Crippen molar-refractivity contribution in [3.8, 4) is 0 Å². The highest BCUT2D eigenvalue weighted by molar-refractivity contribution is 5.96. The minimum atomic E-state index is -0.464. The molecule has 1 saturated carbocycles. The lowest BCUT2D eigenvalue weighted by Crippen LogP contribution is -2.32. The van der Waals surface area contributed by atoms with Gasteiger partial charge in [-0.3, -0.25) is 14.9 Å². The summed E-state index contributed by atoms with van der Waals surface area (Å²) in [6.07, 6.45) is 1.96. The van der Waals surface area contributed by atoms with Crippen LogP contribution >= 0.6 is 0 Å². The van der Waals surface area contributed by atoms with Crippen LogP contribution in [0.3, 0.4) is 0 Å². The molecule has 0 aliphatic heterocycles. The van der Waals surface area contributed by atoms with Crippen LogP contribution in [0, 0.1) is 10.1 Å². The van der Waals surface area contributed by atoms with Gasteiger partial charge in [0.25, 0.3) is 11.6 Å². The maximum Gasteiger partial charge on any atom is 0.293 e. The van der Waals surface area contributed by atoms with Crippen molar-refractivity contribution in [1.29, 1.82) is 0 Å². The summed E-state index contributed by atoms with van der Waals surface area (Å²) >= 11 is 0. The van der Waals surface area contributed by atoms with E-state index in [-0.39, 0.29) is 17.6 Å². The first-order valence-corrected chi connectivity index (χ1v) is 9.26. The molecule has 0 heterocycles. The Balaban J connectivity index is 1.84. The van der Waals surface area contributed by atoms with Crippen LogP contribution < -0.4 is 5.32 Å². The van der Waals surface area contributed by atoms with Gasteiger partial charge < -0.3 is 10.2 Å². The second-order valence-corrected chi connectivity index (χ2v) is 7.30. The van der Waals surface area contributed by atoms with Gasteiger partial charge in [-0.25, -0.2) is 0 Å². The minimum absolute atomic E-state index is 0.0830. The van der Waals surface area contributed by atoms with E-state index in [4.69, 9.17) is 0 Å². The van der Waals surface area contributed by atoms with Gasteiger partial charge in [0.05, 0.1) is 4.92 Å². The molecular formula is C21H25N3O3. The van der Waals surface area contributed by atoms with E-state index in [2.05, 4.69) is 43.4 Å². The third-order valence-corrected chi connectivity index (χ3v) is 4.96. The monoisotopic (exact) mass is 367 g/mol. The number of nitrogens with one attached hydrogen (secondary N) is 1. The van der Waals surface area contributed by atoms with Gasteiger partial charge >= 0.3 is 0 Å². The standard InChI is InChI=1S/C21H25N3O3/c1-14(2)16-6-4-15(5-7-16)13-23(18-9-10-18)21(25)17-8-11-19(22-3)20(12-17)24(26)27/h4-8,11-12,14,18,22H,9-10,13H2,1-3H3. The average Bonchev–Trinajstić information content (AvgIpc) is 3.50. The lowest BCUT2D eigenvalue weighted by Gasteiger charge is -2.23. The van der Waals surface area contributed by atoms with E-state index in [1.54, 1.807) is 19.2 Å². The summed E-state index contributed by atoms with van der Waals surface area (Å²) in [7, 11) is 1.63. The first-order chi connectivity index (χ1) is 12.9. The quantitative estimate of drug-likeness (QED) is 0.575. The van der Waals surface area contributed by atoms with Crippen LogP contribution in [0.1, 0.15) is 54.1 Å². The molecule has 27 heavy (non-hydrogen) atoms. The van der Waals surface area contributed by atoms with Crippen LogP contribution in [0.4, 0.5) is 11.4 Å². The molecule has 1 N–H and O–H groups in total. The normalized spacial score (nSPS) is 13.5. The second kappa shape index (κ2) is 7.78. The Hall–Kier alpha value is -2.89. The third kappa shape index (κ3) is 4.27. The maximum atomic E-state index is 13.1. The van der Waals surface area contributed by atoms with Gasteiger partial charge in [0.15, 0.2) is 0 Å². The van der Waals surface area contributed by atoms with Crippen molar-refractivity contribution < 1.29 is 9.72 Å². The molecule has 0 atom stereocenters. The summed E-state index contributed by atoms with van der Waals surface area (Å²) in [5.74, 6) is 0.308. The number of amides is 1.